The zero-order valence-corrected chi connectivity index (χ0v) is 16.3. The molecule has 1 aliphatic rings. The van der Waals surface area contributed by atoms with Gasteiger partial charge in [-0.3, -0.25) is 19.4 Å². The summed E-state index contributed by atoms with van der Waals surface area (Å²) in [7, 11) is 3.53. The number of carboxylic acids is 1. The fraction of sp³-hybridized carbons (Fsp3) is 0.600. The second-order valence-corrected chi connectivity index (χ2v) is 7.20. The summed E-state index contributed by atoms with van der Waals surface area (Å²) in [4.78, 5) is 27.2. The molecular formula is C20H31N3O4. The van der Waals surface area contributed by atoms with Crippen molar-refractivity contribution < 1.29 is 19.4 Å². The number of nitrogens with zero attached hydrogens (tertiary/aromatic N) is 2. The van der Waals surface area contributed by atoms with E-state index in [-0.39, 0.29) is 18.5 Å². The molecule has 2 N–H and O–H groups in total. The molecule has 0 spiro atoms. The first-order valence-corrected chi connectivity index (χ1v) is 9.45. The minimum Gasteiger partial charge on any atom is -0.480 e. The predicted molar refractivity (Wildman–Crippen MR) is 103 cm³/mol. The number of carbonyl (C=O) groups excluding carboxylic acids is 1. The van der Waals surface area contributed by atoms with Gasteiger partial charge in [0, 0.05) is 26.2 Å². The van der Waals surface area contributed by atoms with Gasteiger partial charge in [0.25, 0.3) is 0 Å². The quantitative estimate of drug-likeness (QED) is 0.676. The van der Waals surface area contributed by atoms with Crippen LogP contribution >= 0.6 is 0 Å². The van der Waals surface area contributed by atoms with Gasteiger partial charge in [-0.15, -0.1) is 0 Å². The van der Waals surface area contributed by atoms with E-state index in [0.29, 0.717) is 19.7 Å². The first kappa shape index (κ1) is 21.3. The molecule has 1 amide bonds. The van der Waals surface area contributed by atoms with Crippen LogP contribution in [0.15, 0.2) is 24.3 Å². The van der Waals surface area contributed by atoms with Crippen LogP contribution in [-0.2, 0) is 27.5 Å². The van der Waals surface area contributed by atoms with Crippen molar-refractivity contribution in [2.24, 2.45) is 0 Å². The fourth-order valence-electron chi connectivity index (χ4n) is 3.46. The van der Waals surface area contributed by atoms with Gasteiger partial charge in [0.1, 0.15) is 0 Å². The number of carboxylic acid groups (broad SMARTS) is 1. The molecule has 0 aliphatic carbocycles. The van der Waals surface area contributed by atoms with Crippen LogP contribution in [-0.4, -0.2) is 73.2 Å². The van der Waals surface area contributed by atoms with E-state index in [1.807, 2.05) is 36.2 Å². The smallest absolute Gasteiger partial charge is 0.317 e. The zero-order chi connectivity index (χ0) is 19.6. The van der Waals surface area contributed by atoms with Crippen LogP contribution in [0.25, 0.3) is 0 Å². The van der Waals surface area contributed by atoms with Crippen LogP contribution < -0.4 is 5.32 Å². The minimum absolute atomic E-state index is 0.0216. The number of hydrogen-bond acceptors (Lipinski definition) is 5. The maximum absolute atomic E-state index is 12.3. The molecule has 150 valence electrons. The zero-order valence-electron chi connectivity index (χ0n) is 16.3. The first-order valence-electron chi connectivity index (χ1n) is 9.45. The maximum atomic E-state index is 12.3. The number of benzene rings is 1. The molecule has 1 unspecified atom stereocenters. The lowest BCUT2D eigenvalue weighted by Crippen LogP contribution is -2.39. The summed E-state index contributed by atoms with van der Waals surface area (Å²) in [5, 5.41) is 11.9. The minimum atomic E-state index is -0.798. The Hall–Kier alpha value is -1.96. The SMILES string of the molecule is COCc1ccc(CNC(=O)CN2CCCC(N(C)CC(=O)O)CC2)cc1. The van der Waals surface area contributed by atoms with Gasteiger partial charge in [-0.05, 0) is 44.0 Å². The average Bonchev–Trinajstić information content (AvgIpc) is 2.86. The maximum Gasteiger partial charge on any atom is 0.317 e. The Kier molecular flexibility index (Phi) is 8.71. The molecule has 1 heterocycles. The number of hydrogen-bond donors (Lipinski definition) is 2. The van der Waals surface area contributed by atoms with E-state index < -0.39 is 5.97 Å². The van der Waals surface area contributed by atoms with Crippen LogP contribution in [0.1, 0.15) is 30.4 Å². The summed E-state index contributed by atoms with van der Waals surface area (Å²) in [5.74, 6) is -0.776. The van der Waals surface area contributed by atoms with Gasteiger partial charge in [0.2, 0.25) is 5.91 Å². The van der Waals surface area contributed by atoms with E-state index in [0.717, 1.165) is 43.5 Å². The van der Waals surface area contributed by atoms with Gasteiger partial charge in [0.15, 0.2) is 0 Å². The Balaban J connectivity index is 1.73. The Labute approximate surface area is 161 Å². The summed E-state index contributed by atoms with van der Waals surface area (Å²) >= 11 is 0. The molecule has 0 radical (unpaired) electrons. The highest BCUT2D eigenvalue weighted by Gasteiger charge is 2.22. The molecule has 0 aromatic heterocycles. The van der Waals surface area contributed by atoms with Crippen LogP contribution in [0.4, 0.5) is 0 Å². The Morgan fingerprint density at radius 2 is 1.93 bits per heavy atom. The lowest BCUT2D eigenvalue weighted by atomic mass is 10.1. The third-order valence-electron chi connectivity index (χ3n) is 4.99. The number of nitrogens with one attached hydrogen (secondary N) is 1. The number of rotatable bonds is 9. The van der Waals surface area contributed by atoms with Crippen molar-refractivity contribution in [2.75, 3.05) is 40.3 Å². The molecule has 1 atom stereocenters. The summed E-state index contributed by atoms with van der Waals surface area (Å²) in [5.41, 5.74) is 2.17. The van der Waals surface area contributed by atoms with E-state index in [2.05, 4.69) is 10.2 Å². The normalized spacial score (nSPS) is 18.3. The van der Waals surface area contributed by atoms with Crippen molar-refractivity contribution in [2.45, 2.75) is 38.5 Å². The molecule has 7 nitrogen and oxygen atoms in total. The molecule has 7 heteroatoms. The second-order valence-electron chi connectivity index (χ2n) is 7.20. The number of likely N-dealkylation sites (tertiary alicyclic amines) is 1. The molecule has 1 fully saturated rings. The number of amides is 1. The van der Waals surface area contributed by atoms with Gasteiger partial charge in [0.05, 0.1) is 19.7 Å². The Morgan fingerprint density at radius 1 is 1.22 bits per heavy atom. The van der Waals surface area contributed by atoms with E-state index >= 15 is 0 Å². The van der Waals surface area contributed by atoms with E-state index in [1.165, 1.54) is 0 Å². The standard InChI is InChI=1S/C20H31N3O4/c1-22(14-20(25)26)18-4-3-10-23(11-9-18)13-19(24)21-12-16-5-7-17(8-6-16)15-27-2/h5-8,18H,3-4,9-15H2,1-2H3,(H,21,24)(H,25,26). The summed E-state index contributed by atoms with van der Waals surface area (Å²) in [6.45, 7) is 3.24. The molecule has 1 aliphatic heterocycles. The van der Waals surface area contributed by atoms with E-state index in [1.54, 1.807) is 7.11 Å². The average molecular weight is 377 g/mol. The van der Waals surface area contributed by atoms with Crippen molar-refractivity contribution in [3.63, 3.8) is 0 Å². The molecule has 2 rings (SSSR count). The molecule has 1 aromatic rings. The summed E-state index contributed by atoms with van der Waals surface area (Å²) < 4.78 is 5.09. The lowest BCUT2D eigenvalue weighted by molar-refractivity contribution is -0.138. The van der Waals surface area contributed by atoms with Gasteiger partial charge in [-0.2, -0.15) is 0 Å². The first-order chi connectivity index (χ1) is 13.0. The Bertz CT molecular complexity index is 606. The largest absolute Gasteiger partial charge is 0.480 e. The molecule has 27 heavy (non-hydrogen) atoms. The van der Waals surface area contributed by atoms with Crippen molar-refractivity contribution >= 4 is 11.9 Å². The molecule has 0 bridgehead atoms. The van der Waals surface area contributed by atoms with Crippen LogP contribution in [0.5, 0.6) is 0 Å². The van der Waals surface area contributed by atoms with Crippen molar-refractivity contribution in [3.8, 4) is 0 Å². The number of methoxy groups -OCH3 is 1. The molecular weight excluding hydrogens is 346 g/mol. The molecule has 1 aromatic carbocycles. The highest BCUT2D eigenvalue weighted by molar-refractivity contribution is 5.78. The van der Waals surface area contributed by atoms with E-state index in [9.17, 15) is 9.59 Å². The van der Waals surface area contributed by atoms with Gasteiger partial charge < -0.3 is 15.2 Å². The molecule has 0 saturated carbocycles. The third-order valence-corrected chi connectivity index (χ3v) is 4.99. The predicted octanol–water partition coefficient (Wildman–Crippen LogP) is 1.32. The van der Waals surface area contributed by atoms with E-state index in [4.69, 9.17) is 9.84 Å². The fourth-order valence-corrected chi connectivity index (χ4v) is 3.46. The highest BCUT2D eigenvalue weighted by Crippen LogP contribution is 2.15. The van der Waals surface area contributed by atoms with Gasteiger partial charge in [-0.25, -0.2) is 0 Å². The summed E-state index contributed by atoms with van der Waals surface area (Å²) in [6.07, 6.45) is 2.83. The number of aliphatic carboxylic acids is 1. The van der Waals surface area contributed by atoms with Crippen LogP contribution in [0, 0.1) is 0 Å². The van der Waals surface area contributed by atoms with Crippen LogP contribution in [0.2, 0.25) is 0 Å². The second kappa shape index (κ2) is 11.0. The van der Waals surface area contributed by atoms with Gasteiger partial charge in [-0.1, -0.05) is 24.3 Å². The van der Waals surface area contributed by atoms with Crippen molar-refractivity contribution in [1.29, 1.82) is 0 Å². The third kappa shape index (κ3) is 7.66. The number of carbonyl (C=O) groups is 2. The summed E-state index contributed by atoms with van der Waals surface area (Å²) in [6, 6.07) is 8.29. The van der Waals surface area contributed by atoms with Crippen LogP contribution in [0.3, 0.4) is 0 Å². The molecule has 1 saturated heterocycles. The topological polar surface area (TPSA) is 82.1 Å². The monoisotopic (exact) mass is 377 g/mol. The van der Waals surface area contributed by atoms with Crippen molar-refractivity contribution in [3.05, 3.63) is 35.4 Å². The Morgan fingerprint density at radius 3 is 2.59 bits per heavy atom. The highest BCUT2D eigenvalue weighted by atomic mass is 16.5. The lowest BCUT2D eigenvalue weighted by Gasteiger charge is -2.25. The van der Waals surface area contributed by atoms with Crippen molar-refractivity contribution in [1.82, 2.24) is 15.1 Å². The number of ether oxygens (including phenoxy) is 1. The number of likely N-dealkylation sites (N-methyl/N-ethyl adjacent to an activating group) is 1. The van der Waals surface area contributed by atoms with Gasteiger partial charge >= 0.3 is 5.97 Å².